The molecule has 0 aromatic carbocycles. The van der Waals surface area contributed by atoms with Crippen molar-refractivity contribution in [2.75, 3.05) is 7.11 Å². The first kappa shape index (κ1) is 11.6. The van der Waals surface area contributed by atoms with E-state index in [1.165, 1.54) is 14.0 Å². The normalized spacial score (nSPS) is 22.8. The molecular weight excluding hydrogens is 222 g/mol. The minimum Gasteiger partial charge on any atom is -0.465 e. The molecule has 0 spiro atoms. The second kappa shape index (κ2) is 4.16. The number of allylic oxidation sites excluding steroid dienone is 2. The highest BCUT2D eigenvalue weighted by Gasteiger charge is 2.38. The van der Waals surface area contributed by atoms with Gasteiger partial charge in [0, 0.05) is 25.0 Å². The number of hydrogen-bond acceptors (Lipinski definition) is 4. The number of carbonyl (C=O) groups is 3. The standard InChI is InChI=1S/C12H13NO4/c1-7(14)13-10-5-9(12(16)17-2)4-3-8(10)6-11(13)15/h4-5,8H,3,6H2,1-2H3. The van der Waals surface area contributed by atoms with Crippen molar-refractivity contribution < 1.29 is 19.1 Å². The van der Waals surface area contributed by atoms with Gasteiger partial charge in [-0.25, -0.2) is 4.79 Å². The molecule has 2 rings (SSSR count). The van der Waals surface area contributed by atoms with Gasteiger partial charge < -0.3 is 4.74 Å². The van der Waals surface area contributed by atoms with Crippen molar-refractivity contribution in [1.29, 1.82) is 0 Å². The molecule has 5 nitrogen and oxygen atoms in total. The van der Waals surface area contributed by atoms with E-state index in [0.717, 1.165) is 4.90 Å². The zero-order valence-corrected chi connectivity index (χ0v) is 9.73. The van der Waals surface area contributed by atoms with Crippen molar-refractivity contribution in [3.8, 4) is 0 Å². The quantitative estimate of drug-likeness (QED) is 0.630. The Hall–Kier alpha value is -1.91. The lowest BCUT2D eigenvalue weighted by Gasteiger charge is -2.20. The Balaban J connectivity index is 2.34. The molecule has 1 saturated heterocycles. The molecule has 1 atom stereocenters. The third-order valence-electron chi connectivity index (χ3n) is 3.01. The molecule has 0 N–H and O–H groups in total. The zero-order valence-electron chi connectivity index (χ0n) is 9.73. The average Bonchev–Trinajstić information content (AvgIpc) is 2.62. The van der Waals surface area contributed by atoms with Gasteiger partial charge in [-0.05, 0) is 12.5 Å². The number of nitrogens with zero attached hydrogens (tertiary/aromatic N) is 1. The third-order valence-corrected chi connectivity index (χ3v) is 3.01. The Bertz CT molecular complexity index is 461. The van der Waals surface area contributed by atoms with Gasteiger partial charge in [0.1, 0.15) is 0 Å². The number of methoxy groups -OCH3 is 1. The van der Waals surface area contributed by atoms with Crippen LogP contribution in [-0.2, 0) is 19.1 Å². The van der Waals surface area contributed by atoms with E-state index < -0.39 is 5.97 Å². The van der Waals surface area contributed by atoms with Gasteiger partial charge in [-0.3, -0.25) is 14.5 Å². The highest BCUT2D eigenvalue weighted by molar-refractivity contribution is 6.00. The van der Waals surface area contributed by atoms with Crippen molar-refractivity contribution in [3.63, 3.8) is 0 Å². The fourth-order valence-corrected chi connectivity index (χ4v) is 2.22. The Morgan fingerprint density at radius 2 is 2.18 bits per heavy atom. The van der Waals surface area contributed by atoms with Gasteiger partial charge in [-0.1, -0.05) is 6.08 Å². The van der Waals surface area contributed by atoms with Gasteiger partial charge in [-0.15, -0.1) is 0 Å². The van der Waals surface area contributed by atoms with Crippen LogP contribution >= 0.6 is 0 Å². The van der Waals surface area contributed by atoms with Crippen LogP contribution in [0, 0.1) is 5.92 Å². The maximum atomic E-state index is 11.7. The summed E-state index contributed by atoms with van der Waals surface area (Å²) in [5.74, 6) is -0.943. The molecule has 1 aliphatic heterocycles. The first-order valence-corrected chi connectivity index (χ1v) is 5.38. The molecule has 1 heterocycles. The van der Waals surface area contributed by atoms with Crippen LogP contribution in [0.5, 0.6) is 0 Å². The molecule has 0 aromatic rings. The fourth-order valence-electron chi connectivity index (χ4n) is 2.22. The first-order chi connectivity index (χ1) is 8.04. The van der Waals surface area contributed by atoms with E-state index in [0.29, 0.717) is 24.1 Å². The first-order valence-electron chi connectivity index (χ1n) is 5.38. The van der Waals surface area contributed by atoms with Crippen LogP contribution in [-0.4, -0.2) is 29.8 Å². The number of likely N-dealkylation sites (tertiary alicyclic amines) is 1. The molecule has 0 radical (unpaired) electrons. The van der Waals surface area contributed by atoms with Crippen molar-refractivity contribution in [3.05, 3.63) is 23.4 Å². The molecule has 1 aliphatic carbocycles. The molecule has 1 unspecified atom stereocenters. The van der Waals surface area contributed by atoms with Gasteiger partial charge in [0.2, 0.25) is 11.8 Å². The summed E-state index contributed by atoms with van der Waals surface area (Å²) in [7, 11) is 1.30. The van der Waals surface area contributed by atoms with E-state index in [1.807, 2.05) is 0 Å². The molecule has 5 heteroatoms. The van der Waals surface area contributed by atoms with Gasteiger partial charge in [-0.2, -0.15) is 0 Å². The van der Waals surface area contributed by atoms with E-state index in [4.69, 9.17) is 0 Å². The third kappa shape index (κ3) is 1.88. The summed E-state index contributed by atoms with van der Waals surface area (Å²) in [6.07, 6.45) is 4.24. The summed E-state index contributed by atoms with van der Waals surface area (Å²) in [4.78, 5) is 35.6. The predicted octanol–water partition coefficient (Wildman–Crippen LogP) is 0.768. The smallest absolute Gasteiger partial charge is 0.337 e. The molecule has 0 bridgehead atoms. The minimum atomic E-state index is -0.446. The monoisotopic (exact) mass is 235 g/mol. The van der Waals surface area contributed by atoms with E-state index in [9.17, 15) is 14.4 Å². The molecule has 17 heavy (non-hydrogen) atoms. The number of carbonyl (C=O) groups excluding carboxylic acids is 3. The van der Waals surface area contributed by atoms with Gasteiger partial charge in [0.25, 0.3) is 0 Å². The molecule has 0 saturated carbocycles. The molecule has 90 valence electrons. The van der Waals surface area contributed by atoms with Crippen LogP contribution in [0.2, 0.25) is 0 Å². The number of amides is 2. The summed E-state index contributed by atoms with van der Waals surface area (Å²) < 4.78 is 4.62. The number of esters is 1. The summed E-state index contributed by atoms with van der Waals surface area (Å²) in [5, 5.41) is 0. The molecule has 0 aromatic heterocycles. The maximum Gasteiger partial charge on any atom is 0.337 e. The average molecular weight is 235 g/mol. The van der Waals surface area contributed by atoms with Crippen LogP contribution in [0.3, 0.4) is 0 Å². The van der Waals surface area contributed by atoms with Gasteiger partial charge in [0.05, 0.1) is 12.7 Å². The summed E-state index contributed by atoms with van der Waals surface area (Å²) in [5.41, 5.74) is 1.02. The van der Waals surface area contributed by atoms with Crippen molar-refractivity contribution in [2.45, 2.75) is 19.8 Å². The number of ether oxygens (including phenoxy) is 1. The topological polar surface area (TPSA) is 63.7 Å². The van der Waals surface area contributed by atoms with Crippen LogP contribution in [0.25, 0.3) is 0 Å². The lowest BCUT2D eigenvalue weighted by Crippen LogP contribution is -2.29. The predicted molar refractivity (Wildman–Crippen MR) is 58.4 cm³/mol. The number of fused-ring (bicyclic) bond motifs is 1. The highest BCUT2D eigenvalue weighted by Crippen LogP contribution is 2.36. The largest absolute Gasteiger partial charge is 0.465 e. The van der Waals surface area contributed by atoms with Crippen molar-refractivity contribution >= 4 is 17.8 Å². The van der Waals surface area contributed by atoms with Crippen molar-refractivity contribution in [2.24, 2.45) is 5.92 Å². The lowest BCUT2D eigenvalue weighted by molar-refractivity contribution is -0.139. The van der Waals surface area contributed by atoms with E-state index in [1.54, 1.807) is 12.2 Å². The molecular formula is C12H13NO4. The van der Waals surface area contributed by atoms with Crippen LogP contribution in [0.4, 0.5) is 0 Å². The summed E-state index contributed by atoms with van der Waals surface area (Å²) >= 11 is 0. The van der Waals surface area contributed by atoms with Crippen LogP contribution in [0.15, 0.2) is 23.4 Å². The van der Waals surface area contributed by atoms with Gasteiger partial charge in [0.15, 0.2) is 0 Å². The molecule has 2 amide bonds. The van der Waals surface area contributed by atoms with Crippen LogP contribution < -0.4 is 0 Å². The summed E-state index contributed by atoms with van der Waals surface area (Å²) in [6, 6.07) is 0. The Labute approximate surface area is 98.7 Å². The Morgan fingerprint density at radius 3 is 2.76 bits per heavy atom. The summed E-state index contributed by atoms with van der Waals surface area (Å²) in [6.45, 7) is 1.34. The second-order valence-electron chi connectivity index (χ2n) is 4.11. The number of imide groups is 1. The molecule has 2 aliphatic rings. The second-order valence-corrected chi connectivity index (χ2v) is 4.11. The fraction of sp³-hybridized carbons (Fsp3) is 0.417. The zero-order chi connectivity index (χ0) is 12.6. The highest BCUT2D eigenvalue weighted by atomic mass is 16.5. The van der Waals surface area contributed by atoms with Crippen molar-refractivity contribution in [1.82, 2.24) is 4.90 Å². The van der Waals surface area contributed by atoms with E-state index in [-0.39, 0.29) is 17.7 Å². The van der Waals surface area contributed by atoms with E-state index >= 15 is 0 Å². The maximum absolute atomic E-state index is 11.7. The molecule has 1 fully saturated rings. The SMILES string of the molecule is COC(=O)C1=CCC2CC(=O)N(C(C)=O)C2=C1. The van der Waals surface area contributed by atoms with E-state index in [2.05, 4.69) is 4.74 Å². The Kier molecular flexibility index (Phi) is 2.83. The van der Waals surface area contributed by atoms with Gasteiger partial charge >= 0.3 is 5.97 Å². The number of hydrogen-bond donors (Lipinski definition) is 0. The number of rotatable bonds is 1. The van der Waals surface area contributed by atoms with Crippen LogP contribution in [0.1, 0.15) is 19.8 Å². The minimum absolute atomic E-state index is 0.0137. The Morgan fingerprint density at radius 1 is 1.47 bits per heavy atom. The lowest BCUT2D eigenvalue weighted by atomic mass is 9.93.